The molecule has 0 radical (unpaired) electrons. The van der Waals surface area contributed by atoms with E-state index in [0.717, 1.165) is 17.0 Å². The summed E-state index contributed by atoms with van der Waals surface area (Å²) in [7, 11) is 1.63. The third-order valence-corrected chi connectivity index (χ3v) is 3.49. The third kappa shape index (κ3) is 3.52. The number of rotatable bonds is 6. The number of hydrogen-bond acceptors (Lipinski definition) is 6. The van der Waals surface area contributed by atoms with E-state index in [1.807, 2.05) is 24.3 Å². The second kappa shape index (κ2) is 7.29. The third-order valence-electron chi connectivity index (χ3n) is 3.49. The highest BCUT2D eigenvalue weighted by atomic mass is 16.5. The number of methoxy groups -OCH3 is 1. The molecule has 0 saturated heterocycles. The summed E-state index contributed by atoms with van der Waals surface area (Å²) in [6.07, 6.45) is 3.97. The minimum absolute atomic E-state index is 0.525. The molecular formula is C18H16N4O2. The monoisotopic (exact) mass is 320 g/mol. The summed E-state index contributed by atoms with van der Waals surface area (Å²) in [5, 5.41) is 12.2. The van der Waals surface area contributed by atoms with Crippen LogP contribution in [0.15, 0.2) is 53.3 Å². The SMILES string of the molecule is COc1ccc(-c2nc(CCNc3ncccc3C#N)co2)cc1. The Balaban J connectivity index is 1.61. The number of anilines is 1. The van der Waals surface area contributed by atoms with Crippen LogP contribution in [-0.4, -0.2) is 23.6 Å². The number of benzene rings is 1. The van der Waals surface area contributed by atoms with Gasteiger partial charge in [0.2, 0.25) is 5.89 Å². The average Bonchev–Trinajstić information content (AvgIpc) is 3.11. The van der Waals surface area contributed by atoms with Crippen molar-refractivity contribution in [3.63, 3.8) is 0 Å². The molecule has 1 N–H and O–H groups in total. The molecule has 0 bridgehead atoms. The topological polar surface area (TPSA) is 84.0 Å². The molecule has 0 atom stereocenters. The largest absolute Gasteiger partial charge is 0.497 e. The maximum Gasteiger partial charge on any atom is 0.226 e. The van der Waals surface area contributed by atoms with Gasteiger partial charge in [0.15, 0.2) is 0 Å². The maximum atomic E-state index is 9.04. The molecule has 24 heavy (non-hydrogen) atoms. The van der Waals surface area contributed by atoms with E-state index < -0.39 is 0 Å². The summed E-state index contributed by atoms with van der Waals surface area (Å²) >= 11 is 0. The first kappa shape index (κ1) is 15.6. The zero-order chi connectivity index (χ0) is 16.8. The van der Waals surface area contributed by atoms with Crippen LogP contribution in [-0.2, 0) is 6.42 Å². The van der Waals surface area contributed by atoms with Gasteiger partial charge < -0.3 is 14.5 Å². The summed E-state index contributed by atoms with van der Waals surface area (Å²) in [4.78, 5) is 8.64. The Morgan fingerprint density at radius 2 is 2.08 bits per heavy atom. The highest BCUT2D eigenvalue weighted by molar-refractivity contribution is 5.55. The Bertz CT molecular complexity index is 850. The van der Waals surface area contributed by atoms with Gasteiger partial charge in [0.1, 0.15) is 23.9 Å². The quantitative estimate of drug-likeness (QED) is 0.750. The Morgan fingerprint density at radius 1 is 1.25 bits per heavy atom. The molecule has 0 unspecified atom stereocenters. The van der Waals surface area contributed by atoms with Gasteiger partial charge in [-0.1, -0.05) is 0 Å². The normalized spacial score (nSPS) is 10.2. The fraction of sp³-hybridized carbons (Fsp3) is 0.167. The number of hydrogen-bond donors (Lipinski definition) is 1. The van der Waals surface area contributed by atoms with Crippen LogP contribution in [0.1, 0.15) is 11.3 Å². The summed E-state index contributed by atoms with van der Waals surface area (Å²) < 4.78 is 10.7. The molecule has 2 aromatic heterocycles. The predicted molar refractivity (Wildman–Crippen MR) is 89.6 cm³/mol. The number of pyridine rings is 1. The maximum absolute atomic E-state index is 9.04. The number of aromatic nitrogens is 2. The van der Waals surface area contributed by atoms with E-state index in [-0.39, 0.29) is 0 Å². The van der Waals surface area contributed by atoms with Gasteiger partial charge in [-0.2, -0.15) is 5.26 Å². The molecule has 6 nitrogen and oxygen atoms in total. The lowest BCUT2D eigenvalue weighted by atomic mass is 10.2. The van der Waals surface area contributed by atoms with Crippen molar-refractivity contribution in [1.82, 2.24) is 9.97 Å². The van der Waals surface area contributed by atoms with Crippen LogP contribution in [0, 0.1) is 11.3 Å². The van der Waals surface area contributed by atoms with Crippen molar-refractivity contribution >= 4 is 5.82 Å². The van der Waals surface area contributed by atoms with Gasteiger partial charge in [-0.15, -0.1) is 0 Å². The van der Waals surface area contributed by atoms with Crippen molar-refractivity contribution in [1.29, 1.82) is 5.26 Å². The fourth-order valence-corrected chi connectivity index (χ4v) is 2.23. The van der Waals surface area contributed by atoms with Crippen molar-refractivity contribution in [3.05, 3.63) is 60.1 Å². The summed E-state index contributed by atoms with van der Waals surface area (Å²) in [6.45, 7) is 0.611. The fourth-order valence-electron chi connectivity index (χ4n) is 2.23. The summed E-state index contributed by atoms with van der Waals surface area (Å²) in [6, 6.07) is 13.1. The van der Waals surface area contributed by atoms with Crippen LogP contribution < -0.4 is 10.1 Å². The highest BCUT2D eigenvalue weighted by Crippen LogP contribution is 2.22. The van der Waals surface area contributed by atoms with E-state index in [4.69, 9.17) is 14.4 Å². The summed E-state index contributed by atoms with van der Waals surface area (Å²) in [5.41, 5.74) is 2.26. The van der Waals surface area contributed by atoms with Gasteiger partial charge in [-0.3, -0.25) is 0 Å². The van der Waals surface area contributed by atoms with Crippen molar-refractivity contribution in [3.8, 4) is 23.3 Å². The van der Waals surface area contributed by atoms with Crippen molar-refractivity contribution in [2.24, 2.45) is 0 Å². The van der Waals surface area contributed by atoms with Gasteiger partial charge in [0.25, 0.3) is 0 Å². The van der Waals surface area contributed by atoms with Gasteiger partial charge in [-0.05, 0) is 36.4 Å². The zero-order valence-electron chi connectivity index (χ0n) is 13.2. The number of nitrogens with one attached hydrogen (secondary N) is 1. The molecule has 0 aliphatic carbocycles. The lowest BCUT2D eigenvalue weighted by molar-refractivity contribution is 0.415. The van der Waals surface area contributed by atoms with Gasteiger partial charge >= 0.3 is 0 Å². The molecule has 0 spiro atoms. The van der Waals surface area contributed by atoms with Crippen LogP contribution in [0.25, 0.3) is 11.5 Å². The first-order valence-corrected chi connectivity index (χ1v) is 7.48. The van der Waals surface area contributed by atoms with Crippen LogP contribution in [0.2, 0.25) is 0 Å². The highest BCUT2D eigenvalue weighted by Gasteiger charge is 2.07. The van der Waals surface area contributed by atoms with Gasteiger partial charge in [0, 0.05) is 24.7 Å². The molecule has 0 saturated carbocycles. The lowest BCUT2D eigenvalue weighted by Gasteiger charge is -2.04. The number of ether oxygens (including phenoxy) is 1. The second-order valence-corrected chi connectivity index (χ2v) is 5.06. The Labute approximate surface area is 139 Å². The van der Waals surface area contributed by atoms with Crippen LogP contribution in [0.4, 0.5) is 5.82 Å². The van der Waals surface area contributed by atoms with Crippen molar-refractivity contribution < 1.29 is 9.15 Å². The Kier molecular flexibility index (Phi) is 4.73. The minimum Gasteiger partial charge on any atom is -0.497 e. The molecule has 0 aliphatic heterocycles. The second-order valence-electron chi connectivity index (χ2n) is 5.06. The van der Waals surface area contributed by atoms with Crippen LogP contribution in [0.3, 0.4) is 0 Å². The predicted octanol–water partition coefficient (Wildman–Crippen LogP) is 3.27. The molecular weight excluding hydrogens is 304 g/mol. The first-order chi connectivity index (χ1) is 11.8. The van der Waals surface area contributed by atoms with E-state index in [0.29, 0.717) is 30.2 Å². The van der Waals surface area contributed by atoms with E-state index in [2.05, 4.69) is 21.4 Å². The molecule has 6 heteroatoms. The summed E-state index contributed by atoms with van der Waals surface area (Å²) in [5.74, 6) is 1.94. The molecule has 3 aromatic rings. The molecule has 0 aliphatic rings. The molecule has 1 aromatic carbocycles. The standard InChI is InChI=1S/C18H16N4O2/c1-23-16-6-4-13(5-7-16)18-22-15(12-24-18)8-10-21-17-14(11-19)3-2-9-20-17/h2-7,9,12H,8,10H2,1H3,(H,20,21). The number of oxazole rings is 1. The van der Waals surface area contributed by atoms with Crippen molar-refractivity contribution in [2.75, 3.05) is 19.0 Å². The van der Waals surface area contributed by atoms with Crippen molar-refractivity contribution in [2.45, 2.75) is 6.42 Å². The van der Waals surface area contributed by atoms with Gasteiger partial charge in [-0.25, -0.2) is 9.97 Å². The van der Waals surface area contributed by atoms with E-state index in [9.17, 15) is 0 Å². The Morgan fingerprint density at radius 3 is 2.83 bits per heavy atom. The minimum atomic E-state index is 0.525. The lowest BCUT2D eigenvalue weighted by Crippen LogP contribution is -2.07. The van der Waals surface area contributed by atoms with Crippen LogP contribution >= 0.6 is 0 Å². The zero-order valence-corrected chi connectivity index (χ0v) is 13.2. The van der Waals surface area contributed by atoms with E-state index in [1.165, 1.54) is 0 Å². The molecule has 120 valence electrons. The van der Waals surface area contributed by atoms with Gasteiger partial charge in [0.05, 0.1) is 18.4 Å². The number of nitrogens with zero attached hydrogens (tertiary/aromatic N) is 3. The average molecular weight is 320 g/mol. The number of nitriles is 1. The van der Waals surface area contributed by atoms with Crippen LogP contribution in [0.5, 0.6) is 5.75 Å². The molecule has 0 fully saturated rings. The molecule has 2 heterocycles. The molecule has 3 rings (SSSR count). The first-order valence-electron chi connectivity index (χ1n) is 7.48. The smallest absolute Gasteiger partial charge is 0.226 e. The molecule has 0 amide bonds. The van der Waals surface area contributed by atoms with E-state index in [1.54, 1.807) is 31.7 Å². The Hall–Kier alpha value is -3.33. The van der Waals surface area contributed by atoms with E-state index >= 15 is 0 Å².